The van der Waals surface area contributed by atoms with Crippen LogP contribution in [0.2, 0.25) is 0 Å². The molecule has 3 heteroatoms. The third-order valence-electron chi connectivity index (χ3n) is 1.13. The predicted molar refractivity (Wildman–Crippen MR) is 38.1 cm³/mol. The second-order valence-electron chi connectivity index (χ2n) is 1.80. The quantitative estimate of drug-likeness (QED) is 0.470. The molecular formula is C5H13NOS. The lowest BCUT2D eigenvalue weighted by Gasteiger charge is -2.07. The first-order valence-corrected chi connectivity index (χ1v) is 3.40. The Balaban J connectivity index is 3.07. The van der Waals surface area contributed by atoms with Crippen LogP contribution in [0, 0.1) is 5.92 Å². The highest BCUT2D eigenvalue weighted by molar-refractivity contribution is 7.80. The Morgan fingerprint density at radius 1 is 1.62 bits per heavy atom. The van der Waals surface area contributed by atoms with Crippen LogP contribution in [0.15, 0.2) is 0 Å². The number of hydrogen-bond donors (Lipinski definition) is 3. The van der Waals surface area contributed by atoms with E-state index in [0.29, 0.717) is 12.5 Å². The number of hydrogen-bond acceptors (Lipinski definition) is 3. The van der Waals surface area contributed by atoms with Gasteiger partial charge in [0.1, 0.15) is 0 Å². The summed E-state index contributed by atoms with van der Waals surface area (Å²) in [5.74, 6) is 1.17. The lowest BCUT2D eigenvalue weighted by atomic mass is 10.1. The largest absolute Gasteiger partial charge is 0.396 e. The van der Waals surface area contributed by atoms with Crippen LogP contribution in [0.3, 0.4) is 0 Å². The van der Waals surface area contributed by atoms with Crippen LogP contribution in [-0.4, -0.2) is 24.0 Å². The minimum Gasteiger partial charge on any atom is -0.396 e. The summed E-state index contributed by atoms with van der Waals surface area (Å²) >= 11 is 4.04. The molecule has 0 bridgehead atoms. The van der Waals surface area contributed by atoms with E-state index in [2.05, 4.69) is 12.6 Å². The minimum atomic E-state index is 0.225. The zero-order chi connectivity index (χ0) is 6.41. The lowest BCUT2D eigenvalue weighted by Crippen LogP contribution is -2.16. The topological polar surface area (TPSA) is 46.2 Å². The smallest absolute Gasteiger partial charge is 0.0434 e. The van der Waals surface area contributed by atoms with Crippen LogP contribution in [0.1, 0.15) is 6.42 Å². The molecule has 0 amide bonds. The van der Waals surface area contributed by atoms with Crippen molar-refractivity contribution in [3.8, 4) is 0 Å². The second-order valence-corrected chi connectivity index (χ2v) is 2.16. The fraction of sp³-hybridized carbons (Fsp3) is 1.00. The van der Waals surface area contributed by atoms with Crippen molar-refractivity contribution in [3.63, 3.8) is 0 Å². The van der Waals surface area contributed by atoms with E-state index in [1.54, 1.807) is 0 Å². The van der Waals surface area contributed by atoms with Gasteiger partial charge in [-0.15, -0.1) is 0 Å². The SMILES string of the molecule is NCC(CS)CCO. The van der Waals surface area contributed by atoms with Crippen molar-refractivity contribution in [1.29, 1.82) is 0 Å². The van der Waals surface area contributed by atoms with Crippen LogP contribution in [0.25, 0.3) is 0 Å². The first-order chi connectivity index (χ1) is 3.85. The number of rotatable bonds is 4. The molecule has 0 aliphatic rings. The third-order valence-corrected chi connectivity index (χ3v) is 1.65. The highest BCUT2D eigenvalue weighted by Crippen LogP contribution is 2.00. The summed E-state index contributed by atoms with van der Waals surface area (Å²) in [5.41, 5.74) is 5.31. The van der Waals surface area contributed by atoms with E-state index in [1.165, 1.54) is 0 Å². The average molecular weight is 135 g/mol. The molecule has 0 aromatic heterocycles. The third kappa shape index (κ3) is 3.29. The molecule has 8 heavy (non-hydrogen) atoms. The van der Waals surface area contributed by atoms with Crippen molar-refractivity contribution >= 4 is 12.6 Å². The normalized spacial score (nSPS) is 13.9. The fourth-order valence-corrected chi connectivity index (χ4v) is 0.798. The number of nitrogens with two attached hydrogens (primary N) is 1. The number of aliphatic hydroxyl groups is 1. The number of aliphatic hydroxyl groups excluding tert-OH is 1. The first kappa shape index (κ1) is 8.27. The molecule has 0 aliphatic carbocycles. The van der Waals surface area contributed by atoms with Gasteiger partial charge in [0.25, 0.3) is 0 Å². The van der Waals surface area contributed by atoms with Crippen molar-refractivity contribution in [2.24, 2.45) is 11.7 Å². The van der Waals surface area contributed by atoms with E-state index in [4.69, 9.17) is 10.8 Å². The molecule has 50 valence electrons. The first-order valence-electron chi connectivity index (χ1n) is 2.77. The Bertz CT molecular complexity index is 47.7. The van der Waals surface area contributed by atoms with Gasteiger partial charge in [0.2, 0.25) is 0 Å². The molecule has 3 N–H and O–H groups in total. The fourth-order valence-electron chi connectivity index (χ4n) is 0.466. The van der Waals surface area contributed by atoms with Crippen LogP contribution in [0.4, 0.5) is 0 Å². The standard InChI is InChI=1S/C5H13NOS/c6-3-5(4-8)1-2-7/h5,7-8H,1-4,6H2. The Kier molecular flexibility index (Phi) is 5.59. The molecule has 0 aromatic carbocycles. The van der Waals surface area contributed by atoms with Gasteiger partial charge >= 0.3 is 0 Å². The highest BCUT2D eigenvalue weighted by Gasteiger charge is 2.00. The van der Waals surface area contributed by atoms with Crippen LogP contribution in [-0.2, 0) is 0 Å². The molecule has 0 saturated heterocycles. The summed E-state index contributed by atoms with van der Waals surface area (Å²) in [6.07, 6.45) is 0.778. The summed E-state index contributed by atoms with van der Waals surface area (Å²) in [6, 6.07) is 0. The molecule has 0 heterocycles. The van der Waals surface area contributed by atoms with Crippen molar-refractivity contribution in [2.75, 3.05) is 18.9 Å². The van der Waals surface area contributed by atoms with Crippen LogP contribution in [0.5, 0.6) is 0 Å². The Hall–Kier alpha value is 0.270. The van der Waals surface area contributed by atoms with E-state index in [-0.39, 0.29) is 6.61 Å². The molecule has 0 radical (unpaired) electrons. The van der Waals surface area contributed by atoms with Crippen molar-refractivity contribution in [1.82, 2.24) is 0 Å². The number of thiol groups is 1. The minimum absolute atomic E-state index is 0.225. The molecule has 1 unspecified atom stereocenters. The van der Waals surface area contributed by atoms with Crippen LogP contribution >= 0.6 is 12.6 Å². The maximum absolute atomic E-state index is 8.41. The summed E-state index contributed by atoms with van der Waals surface area (Å²) < 4.78 is 0. The van der Waals surface area contributed by atoms with Crippen molar-refractivity contribution < 1.29 is 5.11 Å². The summed E-state index contributed by atoms with van der Waals surface area (Å²) in [5, 5.41) is 8.41. The van der Waals surface area contributed by atoms with E-state index in [9.17, 15) is 0 Å². The molecule has 0 spiro atoms. The zero-order valence-electron chi connectivity index (χ0n) is 4.88. The van der Waals surface area contributed by atoms with Gasteiger partial charge in [0.15, 0.2) is 0 Å². The van der Waals surface area contributed by atoms with E-state index in [0.717, 1.165) is 12.2 Å². The van der Waals surface area contributed by atoms with Crippen molar-refractivity contribution in [2.45, 2.75) is 6.42 Å². The zero-order valence-corrected chi connectivity index (χ0v) is 5.77. The molecule has 0 rings (SSSR count). The average Bonchev–Trinajstić information content (AvgIpc) is 1.83. The summed E-state index contributed by atoms with van der Waals surface area (Å²) in [7, 11) is 0. The second kappa shape index (κ2) is 5.41. The molecule has 2 nitrogen and oxygen atoms in total. The summed E-state index contributed by atoms with van der Waals surface area (Å²) in [6.45, 7) is 0.854. The Morgan fingerprint density at radius 3 is 2.38 bits per heavy atom. The Labute approximate surface area is 55.5 Å². The van der Waals surface area contributed by atoms with Gasteiger partial charge in [-0.25, -0.2) is 0 Å². The lowest BCUT2D eigenvalue weighted by molar-refractivity contribution is 0.266. The van der Waals surface area contributed by atoms with Crippen molar-refractivity contribution in [3.05, 3.63) is 0 Å². The van der Waals surface area contributed by atoms with Gasteiger partial charge in [-0.1, -0.05) is 0 Å². The van der Waals surface area contributed by atoms with E-state index in [1.807, 2.05) is 0 Å². The van der Waals surface area contributed by atoms with Crippen LogP contribution < -0.4 is 5.73 Å². The molecule has 0 fully saturated rings. The van der Waals surface area contributed by atoms with Gasteiger partial charge in [-0.3, -0.25) is 0 Å². The summed E-state index contributed by atoms with van der Waals surface area (Å²) in [4.78, 5) is 0. The van der Waals surface area contributed by atoms with Gasteiger partial charge in [-0.2, -0.15) is 12.6 Å². The van der Waals surface area contributed by atoms with Gasteiger partial charge < -0.3 is 10.8 Å². The maximum Gasteiger partial charge on any atom is 0.0434 e. The highest BCUT2D eigenvalue weighted by atomic mass is 32.1. The van der Waals surface area contributed by atoms with Gasteiger partial charge in [0, 0.05) is 6.61 Å². The monoisotopic (exact) mass is 135 g/mol. The maximum atomic E-state index is 8.41. The predicted octanol–water partition coefficient (Wildman–Crippen LogP) is -0.127. The molecular weight excluding hydrogens is 122 g/mol. The van der Waals surface area contributed by atoms with E-state index < -0.39 is 0 Å². The van der Waals surface area contributed by atoms with E-state index >= 15 is 0 Å². The molecule has 1 atom stereocenters. The molecule has 0 aromatic rings. The van der Waals surface area contributed by atoms with Gasteiger partial charge in [0.05, 0.1) is 0 Å². The Morgan fingerprint density at radius 2 is 2.25 bits per heavy atom. The molecule has 0 aliphatic heterocycles. The van der Waals surface area contributed by atoms with Gasteiger partial charge in [-0.05, 0) is 24.6 Å². The molecule has 0 saturated carbocycles.